The smallest absolute Gasteiger partial charge is 0.401 e. The predicted octanol–water partition coefficient (Wildman–Crippen LogP) is 1.42. The molecule has 0 aromatic rings. The summed E-state index contributed by atoms with van der Waals surface area (Å²) in [5.74, 6) is -2.12. The Morgan fingerprint density at radius 3 is 2.65 bits per heavy atom. The molecule has 3 rings (SSSR count). The fourth-order valence-electron chi connectivity index (χ4n) is 3.75. The lowest BCUT2D eigenvalue weighted by molar-refractivity contribution is -0.199. The first-order chi connectivity index (χ1) is 7.75. The van der Waals surface area contributed by atoms with E-state index in [1.54, 1.807) is 0 Å². The van der Waals surface area contributed by atoms with Crippen LogP contribution in [0.15, 0.2) is 12.2 Å². The molecule has 0 spiro atoms. The van der Waals surface area contributed by atoms with Crippen molar-refractivity contribution in [2.75, 3.05) is 0 Å². The highest BCUT2D eigenvalue weighted by molar-refractivity contribution is 5.66. The Kier molecular flexibility index (Phi) is 1.75. The van der Waals surface area contributed by atoms with Crippen molar-refractivity contribution < 1.29 is 27.8 Å². The summed E-state index contributed by atoms with van der Waals surface area (Å²) in [6, 6.07) is 0. The third-order valence-electron chi connectivity index (χ3n) is 4.39. The first kappa shape index (κ1) is 11.1. The van der Waals surface area contributed by atoms with E-state index in [-0.39, 0.29) is 6.42 Å². The summed E-state index contributed by atoms with van der Waals surface area (Å²) in [5.41, 5.74) is -3.88. The second-order valence-corrected chi connectivity index (χ2v) is 5.01. The standard InChI is InChI=1S/C11H11F3O3/c1-5(15)17-7-4-8-9(11(12,13)14)3-2-6(7)10(8,9)16/h2-3,6-8,16H,4H2,1H3/t6?,7-,8?,9?,10+/m1/s1. The molecular formula is C11H11F3O3. The van der Waals surface area contributed by atoms with E-state index in [9.17, 15) is 23.1 Å². The molecular weight excluding hydrogens is 237 g/mol. The quantitative estimate of drug-likeness (QED) is 0.564. The lowest BCUT2D eigenvalue weighted by Gasteiger charge is -2.25. The van der Waals surface area contributed by atoms with E-state index in [0.717, 1.165) is 6.08 Å². The largest absolute Gasteiger partial charge is 0.462 e. The predicted molar refractivity (Wildman–Crippen MR) is 49.7 cm³/mol. The topological polar surface area (TPSA) is 46.5 Å². The van der Waals surface area contributed by atoms with Crippen LogP contribution in [0.3, 0.4) is 0 Å². The summed E-state index contributed by atoms with van der Waals surface area (Å²) in [6.07, 6.45) is -2.61. The van der Waals surface area contributed by atoms with Crippen molar-refractivity contribution in [3.8, 4) is 0 Å². The highest BCUT2D eigenvalue weighted by Gasteiger charge is 2.93. The summed E-state index contributed by atoms with van der Waals surface area (Å²) in [6.45, 7) is 1.21. The van der Waals surface area contributed by atoms with E-state index >= 15 is 0 Å². The zero-order chi connectivity index (χ0) is 12.6. The molecule has 3 aliphatic rings. The highest BCUT2D eigenvalue weighted by atomic mass is 19.4. The molecule has 17 heavy (non-hydrogen) atoms. The minimum absolute atomic E-state index is 0.0766. The van der Waals surface area contributed by atoms with Crippen molar-refractivity contribution in [3.05, 3.63) is 12.2 Å². The number of alkyl halides is 3. The highest BCUT2D eigenvalue weighted by Crippen LogP contribution is 2.81. The molecule has 94 valence electrons. The maximum absolute atomic E-state index is 13.0. The molecule has 0 aliphatic heterocycles. The van der Waals surface area contributed by atoms with E-state index < -0.39 is 41.1 Å². The minimum atomic E-state index is -4.45. The second kappa shape index (κ2) is 2.68. The molecule has 5 atom stereocenters. The molecule has 6 heteroatoms. The Morgan fingerprint density at radius 1 is 1.53 bits per heavy atom. The van der Waals surface area contributed by atoms with Crippen LogP contribution in [0.25, 0.3) is 0 Å². The molecule has 3 nitrogen and oxygen atoms in total. The summed E-state index contributed by atoms with van der Waals surface area (Å²) >= 11 is 0. The number of aliphatic hydroxyl groups is 1. The maximum atomic E-state index is 13.0. The van der Waals surface area contributed by atoms with Crippen LogP contribution < -0.4 is 0 Å². The lowest BCUT2D eigenvalue weighted by Crippen LogP contribution is -2.38. The number of halogens is 3. The van der Waals surface area contributed by atoms with Gasteiger partial charge in [-0.25, -0.2) is 0 Å². The fraction of sp³-hybridized carbons (Fsp3) is 0.727. The van der Waals surface area contributed by atoms with Gasteiger partial charge in [-0.2, -0.15) is 13.2 Å². The van der Waals surface area contributed by atoms with Gasteiger partial charge in [0.2, 0.25) is 0 Å². The van der Waals surface area contributed by atoms with Crippen molar-refractivity contribution in [2.45, 2.75) is 31.2 Å². The van der Waals surface area contributed by atoms with Gasteiger partial charge >= 0.3 is 12.1 Å². The SMILES string of the molecule is CC(=O)O[C@@H]1CC2C3(C(F)(F)F)C=CC1[C@]23O. The normalized spacial score (nSPS) is 50.3. The van der Waals surface area contributed by atoms with E-state index in [1.165, 1.54) is 13.0 Å². The van der Waals surface area contributed by atoms with E-state index in [1.807, 2.05) is 0 Å². The lowest BCUT2D eigenvalue weighted by atomic mass is 9.93. The van der Waals surface area contributed by atoms with E-state index in [2.05, 4.69) is 0 Å². The van der Waals surface area contributed by atoms with Gasteiger partial charge in [-0.15, -0.1) is 0 Å². The van der Waals surface area contributed by atoms with Gasteiger partial charge in [-0.05, 0) is 6.42 Å². The fourth-order valence-corrected chi connectivity index (χ4v) is 3.75. The van der Waals surface area contributed by atoms with Crippen molar-refractivity contribution in [1.82, 2.24) is 0 Å². The summed E-state index contributed by atoms with van der Waals surface area (Å²) in [7, 11) is 0. The second-order valence-electron chi connectivity index (χ2n) is 5.01. The number of esters is 1. The average Bonchev–Trinajstić information content (AvgIpc) is 2.42. The van der Waals surface area contributed by atoms with Crippen LogP contribution in [-0.2, 0) is 9.53 Å². The molecule has 0 heterocycles. The molecule has 0 saturated heterocycles. The Balaban J connectivity index is 1.91. The Hall–Kier alpha value is -1.04. The molecule has 3 aliphatic carbocycles. The molecule has 0 aromatic carbocycles. The van der Waals surface area contributed by atoms with Crippen LogP contribution >= 0.6 is 0 Å². The minimum Gasteiger partial charge on any atom is -0.462 e. The van der Waals surface area contributed by atoms with E-state index in [0.29, 0.717) is 0 Å². The molecule has 0 bridgehead atoms. The number of hydrogen-bond donors (Lipinski definition) is 1. The number of hydrogen-bond acceptors (Lipinski definition) is 3. The van der Waals surface area contributed by atoms with Gasteiger partial charge in [0.1, 0.15) is 11.5 Å². The van der Waals surface area contributed by atoms with Gasteiger partial charge in [0, 0.05) is 18.8 Å². The first-order valence-electron chi connectivity index (χ1n) is 5.41. The van der Waals surface area contributed by atoms with Crippen LogP contribution in [0.4, 0.5) is 13.2 Å². The van der Waals surface area contributed by atoms with Crippen molar-refractivity contribution >= 4 is 5.97 Å². The third-order valence-corrected chi connectivity index (χ3v) is 4.39. The van der Waals surface area contributed by atoms with Gasteiger partial charge < -0.3 is 9.84 Å². The van der Waals surface area contributed by atoms with Crippen LogP contribution in [0.5, 0.6) is 0 Å². The van der Waals surface area contributed by atoms with Crippen molar-refractivity contribution in [2.24, 2.45) is 17.3 Å². The van der Waals surface area contributed by atoms with Crippen LogP contribution in [0.2, 0.25) is 0 Å². The van der Waals surface area contributed by atoms with Gasteiger partial charge in [0.15, 0.2) is 0 Å². The molecule has 0 aromatic heterocycles. The maximum Gasteiger partial charge on any atom is 0.401 e. The Labute approximate surface area is 95.2 Å². The van der Waals surface area contributed by atoms with Crippen molar-refractivity contribution in [1.29, 1.82) is 0 Å². The number of ether oxygens (including phenoxy) is 1. The van der Waals surface area contributed by atoms with Crippen LogP contribution in [-0.4, -0.2) is 29.0 Å². The summed E-state index contributed by atoms with van der Waals surface area (Å²) < 4.78 is 43.8. The molecule has 0 amide bonds. The van der Waals surface area contributed by atoms with Gasteiger partial charge in [0.25, 0.3) is 0 Å². The number of carbonyl (C=O) groups excluding carboxylic acids is 1. The first-order valence-corrected chi connectivity index (χ1v) is 5.41. The van der Waals surface area contributed by atoms with Crippen molar-refractivity contribution in [3.63, 3.8) is 0 Å². The summed E-state index contributed by atoms with van der Waals surface area (Å²) in [5, 5.41) is 10.2. The number of rotatable bonds is 1. The van der Waals surface area contributed by atoms with Gasteiger partial charge in [0.05, 0.1) is 5.60 Å². The third kappa shape index (κ3) is 0.968. The number of fused-ring (bicyclic) bond motifs is 1. The molecule has 2 saturated carbocycles. The molecule has 0 radical (unpaired) electrons. The Morgan fingerprint density at radius 2 is 2.18 bits per heavy atom. The van der Waals surface area contributed by atoms with Gasteiger partial charge in [-0.1, -0.05) is 12.2 Å². The number of carbonyl (C=O) groups is 1. The Bertz CT molecular complexity index is 430. The zero-order valence-electron chi connectivity index (χ0n) is 8.99. The molecule has 3 unspecified atom stereocenters. The van der Waals surface area contributed by atoms with Crippen LogP contribution in [0, 0.1) is 17.3 Å². The molecule has 1 N–H and O–H groups in total. The summed E-state index contributed by atoms with van der Waals surface area (Å²) in [4.78, 5) is 10.8. The zero-order valence-corrected chi connectivity index (χ0v) is 8.99. The van der Waals surface area contributed by atoms with Gasteiger partial charge in [-0.3, -0.25) is 4.79 Å². The monoisotopic (exact) mass is 248 g/mol. The average molecular weight is 248 g/mol. The molecule has 2 fully saturated rings. The van der Waals surface area contributed by atoms with Crippen LogP contribution in [0.1, 0.15) is 13.3 Å². The van der Waals surface area contributed by atoms with E-state index in [4.69, 9.17) is 4.74 Å².